The van der Waals surface area contributed by atoms with E-state index in [1.807, 2.05) is 12.1 Å². The third kappa shape index (κ3) is 4.00. The molecule has 1 aromatic rings. The number of nitrogens with two attached hydrogens (primary N) is 1. The van der Waals surface area contributed by atoms with Crippen molar-refractivity contribution in [2.24, 2.45) is 5.14 Å². The molecule has 0 aromatic heterocycles. The van der Waals surface area contributed by atoms with Crippen LogP contribution in [0.5, 0.6) is 5.75 Å². The van der Waals surface area contributed by atoms with Gasteiger partial charge in [0.05, 0.1) is 13.7 Å². The van der Waals surface area contributed by atoms with Crippen molar-refractivity contribution in [2.75, 3.05) is 20.3 Å². The minimum absolute atomic E-state index is 0.284. The van der Waals surface area contributed by atoms with Gasteiger partial charge in [0.15, 0.2) is 6.29 Å². The molecule has 2 fully saturated rings. The van der Waals surface area contributed by atoms with Crippen molar-refractivity contribution in [1.82, 2.24) is 0 Å². The van der Waals surface area contributed by atoms with Crippen molar-refractivity contribution in [2.45, 2.75) is 31.0 Å². The summed E-state index contributed by atoms with van der Waals surface area (Å²) in [5.41, 5.74) is 0.796. The van der Waals surface area contributed by atoms with Crippen molar-refractivity contribution >= 4 is 10.3 Å². The zero-order valence-corrected chi connectivity index (χ0v) is 13.4. The molecule has 23 heavy (non-hydrogen) atoms. The van der Waals surface area contributed by atoms with Crippen molar-refractivity contribution in [1.29, 1.82) is 0 Å². The van der Waals surface area contributed by atoms with Gasteiger partial charge in [0.25, 0.3) is 0 Å². The van der Waals surface area contributed by atoms with E-state index in [9.17, 15) is 8.42 Å². The first-order valence-electron chi connectivity index (χ1n) is 7.20. The fourth-order valence-electron chi connectivity index (χ4n) is 2.73. The first-order valence-corrected chi connectivity index (χ1v) is 8.67. The summed E-state index contributed by atoms with van der Waals surface area (Å²) >= 11 is 0. The highest BCUT2D eigenvalue weighted by Crippen LogP contribution is 2.33. The molecule has 0 aliphatic carbocycles. The van der Waals surface area contributed by atoms with Gasteiger partial charge < -0.3 is 18.9 Å². The smallest absolute Gasteiger partial charge is 0.333 e. The van der Waals surface area contributed by atoms with E-state index < -0.39 is 28.8 Å². The molecule has 0 saturated carbocycles. The third-order valence-electron chi connectivity index (χ3n) is 3.81. The molecule has 3 rings (SSSR count). The van der Waals surface area contributed by atoms with Gasteiger partial charge in [-0.2, -0.15) is 8.42 Å². The van der Waals surface area contributed by atoms with Crippen LogP contribution in [0.2, 0.25) is 0 Å². The third-order valence-corrected chi connectivity index (χ3v) is 4.32. The second-order valence-corrected chi connectivity index (χ2v) is 6.54. The molecular formula is C14H19NO7S. The van der Waals surface area contributed by atoms with E-state index in [-0.39, 0.29) is 12.7 Å². The number of hydrogen-bond donors (Lipinski definition) is 1. The van der Waals surface area contributed by atoms with Crippen LogP contribution in [0.3, 0.4) is 0 Å². The maximum Gasteiger partial charge on any atom is 0.333 e. The largest absolute Gasteiger partial charge is 0.497 e. The van der Waals surface area contributed by atoms with E-state index in [1.54, 1.807) is 19.2 Å². The van der Waals surface area contributed by atoms with Gasteiger partial charge in [0, 0.05) is 18.6 Å². The van der Waals surface area contributed by atoms with Crippen LogP contribution in [-0.4, -0.2) is 47.1 Å². The Kier molecular flexibility index (Phi) is 4.85. The number of ether oxygens (including phenoxy) is 4. The first kappa shape index (κ1) is 16.6. The molecule has 0 radical (unpaired) electrons. The van der Waals surface area contributed by atoms with Crippen LogP contribution in [0.1, 0.15) is 18.3 Å². The molecule has 0 spiro atoms. The number of benzene rings is 1. The topological polar surface area (TPSA) is 106 Å². The van der Waals surface area contributed by atoms with Crippen molar-refractivity contribution in [3.05, 3.63) is 29.8 Å². The number of hydrogen-bond acceptors (Lipinski definition) is 7. The highest BCUT2D eigenvalue weighted by atomic mass is 32.2. The summed E-state index contributed by atoms with van der Waals surface area (Å²) in [6.45, 7) is 0.646. The monoisotopic (exact) mass is 345 g/mol. The predicted octanol–water partition coefficient (Wildman–Crippen LogP) is 0.487. The second kappa shape index (κ2) is 6.71. The molecular weight excluding hydrogens is 326 g/mol. The fraction of sp³-hybridized carbons (Fsp3) is 0.571. The molecule has 8 nitrogen and oxygen atoms in total. The molecule has 2 heterocycles. The molecule has 9 heteroatoms. The Morgan fingerprint density at radius 2 is 1.96 bits per heavy atom. The van der Waals surface area contributed by atoms with Gasteiger partial charge in [-0.05, 0) is 12.1 Å². The van der Waals surface area contributed by atoms with Crippen LogP contribution in [0, 0.1) is 0 Å². The number of rotatable bonds is 4. The van der Waals surface area contributed by atoms with Gasteiger partial charge in [-0.1, -0.05) is 12.1 Å². The predicted molar refractivity (Wildman–Crippen MR) is 78.9 cm³/mol. The number of methoxy groups -OCH3 is 1. The second-order valence-electron chi connectivity index (χ2n) is 5.36. The van der Waals surface area contributed by atoms with Gasteiger partial charge in [-0.3, -0.25) is 4.18 Å². The van der Waals surface area contributed by atoms with Gasteiger partial charge in [-0.25, -0.2) is 5.14 Å². The van der Waals surface area contributed by atoms with Crippen molar-refractivity contribution < 1.29 is 31.5 Å². The Hall–Kier alpha value is -1.23. The van der Waals surface area contributed by atoms with Gasteiger partial charge >= 0.3 is 10.3 Å². The van der Waals surface area contributed by atoms with Gasteiger partial charge in [-0.15, -0.1) is 0 Å². The summed E-state index contributed by atoms with van der Waals surface area (Å²) in [5.74, 6) is 0.721. The van der Waals surface area contributed by atoms with Gasteiger partial charge in [0.1, 0.15) is 24.1 Å². The molecule has 4 atom stereocenters. The average Bonchev–Trinajstić information content (AvgIpc) is 2.53. The lowest BCUT2D eigenvalue weighted by atomic mass is 10.0. The lowest BCUT2D eigenvalue weighted by Gasteiger charge is -2.42. The van der Waals surface area contributed by atoms with E-state index >= 15 is 0 Å². The summed E-state index contributed by atoms with van der Waals surface area (Å²) in [4.78, 5) is 0. The molecule has 2 saturated heterocycles. The Labute approximate surface area is 134 Å². The first-order chi connectivity index (χ1) is 11.0. The van der Waals surface area contributed by atoms with E-state index in [0.29, 0.717) is 13.0 Å². The normalized spacial score (nSPS) is 31.4. The van der Waals surface area contributed by atoms with Crippen LogP contribution in [-0.2, 0) is 28.7 Å². The van der Waals surface area contributed by atoms with Crippen molar-refractivity contribution in [3.8, 4) is 5.75 Å². The van der Waals surface area contributed by atoms with E-state index in [0.717, 1.165) is 11.3 Å². The summed E-state index contributed by atoms with van der Waals surface area (Å²) < 4.78 is 49.6. The van der Waals surface area contributed by atoms with Crippen LogP contribution in [0.15, 0.2) is 24.3 Å². The van der Waals surface area contributed by atoms with Crippen molar-refractivity contribution in [3.63, 3.8) is 0 Å². The summed E-state index contributed by atoms with van der Waals surface area (Å²) in [7, 11) is -2.47. The lowest BCUT2D eigenvalue weighted by molar-refractivity contribution is -0.295. The molecule has 0 amide bonds. The average molecular weight is 345 g/mol. The highest BCUT2D eigenvalue weighted by molar-refractivity contribution is 7.84. The summed E-state index contributed by atoms with van der Waals surface area (Å²) in [6.07, 6.45) is -1.89. The number of fused-ring (bicyclic) bond motifs is 1. The van der Waals surface area contributed by atoms with Crippen LogP contribution in [0.4, 0.5) is 0 Å². The lowest BCUT2D eigenvalue weighted by Crippen LogP contribution is -2.54. The summed E-state index contributed by atoms with van der Waals surface area (Å²) in [5, 5.41) is 4.97. The van der Waals surface area contributed by atoms with Crippen LogP contribution in [0.25, 0.3) is 0 Å². The van der Waals surface area contributed by atoms with Gasteiger partial charge in [0.2, 0.25) is 0 Å². The maximum atomic E-state index is 11.2. The van der Waals surface area contributed by atoms with Crippen LogP contribution >= 0.6 is 0 Å². The summed E-state index contributed by atoms with van der Waals surface area (Å²) in [6, 6.07) is 7.24. The van der Waals surface area contributed by atoms with E-state index in [4.69, 9.17) is 28.3 Å². The molecule has 1 aromatic carbocycles. The molecule has 2 aliphatic rings. The zero-order valence-electron chi connectivity index (χ0n) is 12.6. The molecule has 1 unspecified atom stereocenters. The molecule has 128 valence electrons. The molecule has 0 bridgehead atoms. The zero-order chi connectivity index (χ0) is 16.4. The molecule has 2 aliphatic heterocycles. The maximum absolute atomic E-state index is 11.2. The quantitative estimate of drug-likeness (QED) is 0.846. The Balaban J connectivity index is 1.74. The standard InChI is InChI=1S/C14H19NO7S/c1-18-10-4-2-9(3-5-10)14-20-8-12-13(21-14)11(6-7-19-12)22-23(15,16)17/h2-5,11-14H,6-8H2,1H3,(H2,15,16,17)/t11-,12-,13+,14?/m1/s1. The fourth-order valence-corrected chi connectivity index (χ4v) is 3.28. The van der Waals surface area contributed by atoms with E-state index in [1.165, 1.54) is 0 Å². The Bertz CT molecular complexity index is 633. The molecule has 2 N–H and O–H groups in total. The minimum Gasteiger partial charge on any atom is -0.497 e. The van der Waals surface area contributed by atoms with Crippen LogP contribution < -0.4 is 9.88 Å². The SMILES string of the molecule is COc1ccc(C2OC[C@H]3OCC[C@@H](OS(N)(=O)=O)[C@@H]3O2)cc1. The Morgan fingerprint density at radius 1 is 1.22 bits per heavy atom. The van der Waals surface area contributed by atoms with E-state index in [2.05, 4.69) is 0 Å². The Morgan fingerprint density at radius 3 is 2.61 bits per heavy atom. The minimum atomic E-state index is -4.06. The highest BCUT2D eigenvalue weighted by Gasteiger charge is 2.43.